The van der Waals surface area contributed by atoms with E-state index in [1.165, 1.54) is 11.3 Å². The zero-order valence-corrected chi connectivity index (χ0v) is 13.7. The number of aromatic nitrogens is 1. The number of carbonyl (C=O) groups excluding carboxylic acids is 1. The van der Waals surface area contributed by atoms with E-state index in [1.807, 2.05) is 28.7 Å². The second-order valence-electron chi connectivity index (χ2n) is 5.49. The highest BCUT2D eigenvalue weighted by molar-refractivity contribution is 7.17. The molecule has 0 spiro atoms. The molecule has 0 bridgehead atoms. The molecule has 0 saturated carbocycles. The van der Waals surface area contributed by atoms with E-state index in [-0.39, 0.29) is 17.9 Å². The number of hydrogen-bond donors (Lipinski definition) is 1. The van der Waals surface area contributed by atoms with Gasteiger partial charge in [0, 0.05) is 30.0 Å². The molecule has 1 aliphatic rings. The van der Waals surface area contributed by atoms with Crippen molar-refractivity contribution in [2.24, 2.45) is 5.92 Å². The van der Waals surface area contributed by atoms with E-state index >= 15 is 0 Å². The third-order valence-corrected chi connectivity index (χ3v) is 5.83. The van der Waals surface area contributed by atoms with Gasteiger partial charge < -0.3 is 10.0 Å². The summed E-state index contributed by atoms with van der Waals surface area (Å²) in [5, 5.41) is 14.6. The van der Waals surface area contributed by atoms with Crippen molar-refractivity contribution in [2.75, 3.05) is 13.1 Å². The van der Waals surface area contributed by atoms with Gasteiger partial charge in [0.2, 0.25) is 0 Å². The van der Waals surface area contributed by atoms with E-state index in [4.69, 9.17) is 0 Å². The Labute approximate surface area is 132 Å². The zero-order valence-electron chi connectivity index (χ0n) is 12.1. The first-order valence-corrected chi connectivity index (χ1v) is 8.79. The molecule has 0 aromatic carbocycles. The van der Waals surface area contributed by atoms with Gasteiger partial charge in [0.05, 0.1) is 11.8 Å². The lowest BCUT2D eigenvalue weighted by atomic mass is 10.0. The Bertz CT molecular complexity index is 634. The summed E-state index contributed by atoms with van der Waals surface area (Å²) in [5.74, 6) is 0.244. The Morgan fingerprint density at radius 3 is 3.00 bits per heavy atom. The van der Waals surface area contributed by atoms with Crippen molar-refractivity contribution in [1.82, 2.24) is 9.88 Å². The first-order valence-electron chi connectivity index (χ1n) is 7.03. The van der Waals surface area contributed by atoms with Gasteiger partial charge in [-0.05, 0) is 31.7 Å². The third-order valence-electron chi connectivity index (χ3n) is 3.95. The molecule has 3 rings (SSSR count). The highest BCUT2D eigenvalue weighted by Crippen LogP contribution is 2.31. The Morgan fingerprint density at radius 2 is 2.38 bits per heavy atom. The molecular weight excluding hydrogens is 304 g/mol. The van der Waals surface area contributed by atoms with Gasteiger partial charge in [-0.3, -0.25) is 4.79 Å². The van der Waals surface area contributed by atoms with Crippen LogP contribution in [0.1, 0.15) is 28.7 Å². The van der Waals surface area contributed by atoms with Gasteiger partial charge in [0.1, 0.15) is 9.88 Å². The average molecular weight is 322 g/mol. The number of rotatable bonds is 3. The smallest absolute Gasteiger partial charge is 0.265 e. The number of aryl methyl sites for hydroxylation is 1. The normalized spacial score (nSPS) is 20.0. The maximum absolute atomic E-state index is 12.6. The summed E-state index contributed by atoms with van der Waals surface area (Å²) in [7, 11) is 0. The first kappa shape index (κ1) is 14.7. The van der Waals surface area contributed by atoms with Gasteiger partial charge in [-0.15, -0.1) is 11.3 Å². The van der Waals surface area contributed by atoms with Crippen LogP contribution in [0.25, 0.3) is 10.6 Å². The number of aliphatic hydroxyl groups is 1. The van der Waals surface area contributed by atoms with Crippen LogP contribution in [-0.2, 0) is 0 Å². The number of nitrogens with zero attached hydrogens (tertiary/aromatic N) is 2. The van der Waals surface area contributed by atoms with Gasteiger partial charge in [0.15, 0.2) is 0 Å². The fourth-order valence-corrected chi connectivity index (χ4v) is 4.36. The van der Waals surface area contributed by atoms with Crippen LogP contribution < -0.4 is 0 Å². The van der Waals surface area contributed by atoms with Gasteiger partial charge in [0.25, 0.3) is 5.91 Å². The molecule has 2 atom stereocenters. The molecule has 112 valence electrons. The molecular formula is C15H18N2O2S2. The molecule has 0 radical (unpaired) electrons. The second-order valence-corrected chi connectivity index (χ2v) is 7.27. The number of hydrogen-bond acceptors (Lipinski definition) is 5. The SMILES string of the molecule is Cc1nc(-c2ccsc2)sc1C(=O)N1CCC(C(C)O)C1. The Hall–Kier alpha value is -1.24. The highest BCUT2D eigenvalue weighted by atomic mass is 32.1. The van der Waals surface area contributed by atoms with Crippen LogP contribution in [0.3, 0.4) is 0 Å². The van der Waals surface area contributed by atoms with E-state index < -0.39 is 0 Å². The number of likely N-dealkylation sites (tertiary alicyclic amines) is 1. The predicted molar refractivity (Wildman–Crippen MR) is 85.9 cm³/mol. The molecule has 1 amide bonds. The van der Waals surface area contributed by atoms with Crippen molar-refractivity contribution < 1.29 is 9.90 Å². The summed E-state index contributed by atoms with van der Waals surface area (Å²) < 4.78 is 0. The fourth-order valence-electron chi connectivity index (χ4n) is 2.61. The average Bonchev–Trinajstić information content (AvgIpc) is 3.18. The van der Waals surface area contributed by atoms with E-state index in [0.29, 0.717) is 6.54 Å². The van der Waals surface area contributed by atoms with Crippen molar-refractivity contribution in [3.63, 3.8) is 0 Å². The van der Waals surface area contributed by atoms with Crippen LogP contribution >= 0.6 is 22.7 Å². The highest BCUT2D eigenvalue weighted by Gasteiger charge is 2.31. The molecule has 2 unspecified atom stereocenters. The summed E-state index contributed by atoms with van der Waals surface area (Å²) in [6.45, 7) is 5.05. The van der Waals surface area contributed by atoms with Crippen LogP contribution in [0.15, 0.2) is 16.8 Å². The molecule has 3 heterocycles. The molecule has 1 N–H and O–H groups in total. The fraction of sp³-hybridized carbons (Fsp3) is 0.467. The lowest BCUT2D eigenvalue weighted by molar-refractivity contribution is 0.0766. The lowest BCUT2D eigenvalue weighted by Crippen LogP contribution is -2.30. The quantitative estimate of drug-likeness (QED) is 0.945. The predicted octanol–water partition coefficient (Wildman–Crippen LogP) is 3.02. The number of amides is 1. The van der Waals surface area contributed by atoms with Crippen molar-refractivity contribution >= 4 is 28.6 Å². The minimum Gasteiger partial charge on any atom is -0.393 e. The number of carbonyl (C=O) groups is 1. The van der Waals surface area contributed by atoms with Crippen LogP contribution in [0, 0.1) is 12.8 Å². The molecule has 6 heteroatoms. The standard InChI is InChI=1S/C15H18N2O2S2/c1-9-13(21-14(16-9)12-4-6-20-8-12)15(19)17-5-3-11(7-17)10(2)18/h4,6,8,10-11,18H,3,5,7H2,1-2H3. The van der Waals surface area contributed by atoms with Gasteiger partial charge in [-0.25, -0.2) is 4.98 Å². The number of thiophene rings is 1. The molecule has 2 aromatic heterocycles. The molecule has 1 fully saturated rings. The van der Waals surface area contributed by atoms with Crippen LogP contribution in [0.5, 0.6) is 0 Å². The van der Waals surface area contributed by atoms with Crippen LogP contribution in [0.2, 0.25) is 0 Å². The summed E-state index contributed by atoms with van der Waals surface area (Å²) in [6.07, 6.45) is 0.519. The van der Waals surface area contributed by atoms with Crippen molar-refractivity contribution in [3.8, 4) is 10.6 Å². The van der Waals surface area contributed by atoms with Gasteiger partial charge in [-0.1, -0.05) is 0 Å². The largest absolute Gasteiger partial charge is 0.393 e. The molecule has 2 aromatic rings. The molecule has 1 saturated heterocycles. The van der Waals surface area contributed by atoms with Crippen molar-refractivity contribution in [1.29, 1.82) is 0 Å². The molecule has 21 heavy (non-hydrogen) atoms. The van der Waals surface area contributed by atoms with Crippen LogP contribution in [0.4, 0.5) is 0 Å². The lowest BCUT2D eigenvalue weighted by Gasteiger charge is -2.17. The topological polar surface area (TPSA) is 53.4 Å². The summed E-state index contributed by atoms with van der Waals surface area (Å²) >= 11 is 3.09. The minimum atomic E-state index is -0.355. The minimum absolute atomic E-state index is 0.0506. The van der Waals surface area contributed by atoms with E-state index in [0.717, 1.165) is 34.1 Å². The Balaban J connectivity index is 1.80. The Kier molecular flexibility index (Phi) is 4.10. The third kappa shape index (κ3) is 2.88. The van der Waals surface area contributed by atoms with E-state index in [1.54, 1.807) is 18.3 Å². The maximum Gasteiger partial charge on any atom is 0.265 e. The van der Waals surface area contributed by atoms with Gasteiger partial charge >= 0.3 is 0 Å². The van der Waals surface area contributed by atoms with Crippen molar-refractivity contribution in [3.05, 3.63) is 27.4 Å². The number of aliphatic hydroxyl groups excluding tert-OH is 1. The zero-order chi connectivity index (χ0) is 15.0. The van der Waals surface area contributed by atoms with E-state index in [2.05, 4.69) is 4.98 Å². The summed E-state index contributed by atoms with van der Waals surface area (Å²) in [4.78, 5) is 19.7. The summed E-state index contributed by atoms with van der Waals surface area (Å²) in [6, 6.07) is 2.02. The summed E-state index contributed by atoms with van der Waals surface area (Å²) in [5.41, 5.74) is 1.88. The monoisotopic (exact) mass is 322 g/mol. The van der Waals surface area contributed by atoms with E-state index in [9.17, 15) is 9.90 Å². The van der Waals surface area contributed by atoms with Crippen LogP contribution in [-0.4, -0.2) is 40.1 Å². The van der Waals surface area contributed by atoms with Gasteiger partial charge in [-0.2, -0.15) is 11.3 Å². The molecule has 0 aliphatic carbocycles. The second kappa shape index (κ2) is 5.87. The maximum atomic E-state index is 12.6. The number of thiazole rings is 1. The Morgan fingerprint density at radius 1 is 1.57 bits per heavy atom. The molecule has 4 nitrogen and oxygen atoms in total. The van der Waals surface area contributed by atoms with Crippen molar-refractivity contribution in [2.45, 2.75) is 26.4 Å². The molecule has 1 aliphatic heterocycles. The first-order chi connectivity index (χ1) is 10.1.